The minimum atomic E-state index is -4.25. The fraction of sp³-hybridized carbons (Fsp3) is 0.562. The van der Waals surface area contributed by atoms with E-state index in [1.54, 1.807) is 31.4 Å². The molecular weight excluding hydrogens is 295 g/mol. The molecule has 1 aliphatic carbocycles. The fourth-order valence-electron chi connectivity index (χ4n) is 2.88. The highest BCUT2D eigenvalue weighted by Crippen LogP contribution is 2.37. The zero-order valence-corrected chi connectivity index (χ0v) is 12.5. The standard InChI is InChI=1S/C16H20F3NO2/c1-22-12-8-6-11(7-9-12)10-15(21)20-14-5-3-2-4-13(14)16(17,18)19/h6-9,13-14H,2-5,10H2,1H3,(H,20,21)/t13-,14+/m1/s1. The van der Waals surface area contributed by atoms with E-state index in [2.05, 4.69) is 5.32 Å². The maximum atomic E-state index is 13.0. The van der Waals surface area contributed by atoms with Gasteiger partial charge in [0.2, 0.25) is 5.91 Å². The third-order valence-corrected chi connectivity index (χ3v) is 4.06. The van der Waals surface area contributed by atoms with E-state index >= 15 is 0 Å². The summed E-state index contributed by atoms with van der Waals surface area (Å²) in [5.41, 5.74) is 0.748. The molecule has 0 spiro atoms. The largest absolute Gasteiger partial charge is 0.497 e. The van der Waals surface area contributed by atoms with Gasteiger partial charge in [0.1, 0.15) is 5.75 Å². The molecule has 1 amide bonds. The van der Waals surface area contributed by atoms with Gasteiger partial charge in [0.25, 0.3) is 0 Å². The normalized spacial score (nSPS) is 22.2. The van der Waals surface area contributed by atoms with Crippen LogP contribution < -0.4 is 10.1 Å². The van der Waals surface area contributed by atoms with E-state index in [-0.39, 0.29) is 18.7 Å². The molecule has 0 aliphatic heterocycles. The molecule has 1 aromatic rings. The van der Waals surface area contributed by atoms with Crippen LogP contribution in [0.15, 0.2) is 24.3 Å². The highest BCUT2D eigenvalue weighted by atomic mass is 19.4. The summed E-state index contributed by atoms with van der Waals surface area (Å²) in [6.45, 7) is 0. The molecule has 1 saturated carbocycles. The van der Waals surface area contributed by atoms with E-state index < -0.39 is 18.1 Å². The zero-order chi connectivity index (χ0) is 16.2. The van der Waals surface area contributed by atoms with Crippen LogP contribution in [0.5, 0.6) is 5.75 Å². The molecule has 1 N–H and O–H groups in total. The number of carbonyl (C=O) groups excluding carboxylic acids is 1. The predicted octanol–water partition coefficient (Wildman–Crippen LogP) is 3.48. The summed E-state index contributed by atoms with van der Waals surface area (Å²) in [7, 11) is 1.54. The molecule has 0 bridgehead atoms. The van der Waals surface area contributed by atoms with E-state index in [1.807, 2.05) is 0 Å². The van der Waals surface area contributed by atoms with Gasteiger partial charge in [0.05, 0.1) is 19.4 Å². The molecule has 2 rings (SSSR count). The van der Waals surface area contributed by atoms with Gasteiger partial charge in [-0.05, 0) is 30.5 Å². The average Bonchev–Trinajstić information content (AvgIpc) is 2.47. The topological polar surface area (TPSA) is 38.3 Å². The summed E-state index contributed by atoms with van der Waals surface area (Å²) in [4.78, 5) is 12.0. The molecule has 0 radical (unpaired) electrons. The second-order valence-electron chi connectivity index (χ2n) is 5.63. The van der Waals surface area contributed by atoms with Crippen molar-refractivity contribution in [3.05, 3.63) is 29.8 Å². The molecular formula is C16H20F3NO2. The third kappa shape index (κ3) is 4.39. The SMILES string of the molecule is COc1ccc(CC(=O)N[C@H]2CCCC[C@H]2C(F)(F)F)cc1. The first kappa shape index (κ1) is 16.6. The van der Waals surface area contributed by atoms with Crippen molar-refractivity contribution in [3.8, 4) is 5.75 Å². The van der Waals surface area contributed by atoms with Crippen molar-refractivity contribution in [2.24, 2.45) is 5.92 Å². The van der Waals surface area contributed by atoms with Crippen molar-refractivity contribution in [2.45, 2.75) is 44.3 Å². The third-order valence-electron chi connectivity index (χ3n) is 4.06. The lowest BCUT2D eigenvalue weighted by molar-refractivity contribution is -0.189. The van der Waals surface area contributed by atoms with Crippen molar-refractivity contribution in [2.75, 3.05) is 7.11 Å². The van der Waals surface area contributed by atoms with Gasteiger partial charge in [0, 0.05) is 6.04 Å². The Morgan fingerprint density at radius 2 is 1.86 bits per heavy atom. The number of alkyl halides is 3. The summed E-state index contributed by atoms with van der Waals surface area (Å²) >= 11 is 0. The van der Waals surface area contributed by atoms with Crippen LogP contribution in [0.3, 0.4) is 0 Å². The number of hydrogen-bond donors (Lipinski definition) is 1. The average molecular weight is 315 g/mol. The van der Waals surface area contributed by atoms with Crippen molar-refractivity contribution in [1.82, 2.24) is 5.32 Å². The fourth-order valence-corrected chi connectivity index (χ4v) is 2.88. The molecule has 1 aliphatic rings. The van der Waals surface area contributed by atoms with Gasteiger partial charge in [-0.15, -0.1) is 0 Å². The van der Waals surface area contributed by atoms with Gasteiger partial charge in [-0.2, -0.15) is 13.2 Å². The maximum Gasteiger partial charge on any atom is 0.393 e. The van der Waals surface area contributed by atoms with E-state index in [1.165, 1.54) is 0 Å². The molecule has 1 aromatic carbocycles. The van der Waals surface area contributed by atoms with Crippen molar-refractivity contribution in [3.63, 3.8) is 0 Å². The number of halogens is 3. The molecule has 0 aromatic heterocycles. The van der Waals surface area contributed by atoms with Gasteiger partial charge < -0.3 is 10.1 Å². The minimum Gasteiger partial charge on any atom is -0.497 e. The first-order chi connectivity index (χ1) is 10.4. The lowest BCUT2D eigenvalue weighted by Gasteiger charge is -2.33. The van der Waals surface area contributed by atoms with Crippen LogP contribution >= 0.6 is 0 Å². The smallest absolute Gasteiger partial charge is 0.393 e. The van der Waals surface area contributed by atoms with Crippen LogP contribution in [0.4, 0.5) is 13.2 Å². The molecule has 1 fully saturated rings. The zero-order valence-electron chi connectivity index (χ0n) is 12.5. The number of amides is 1. The van der Waals surface area contributed by atoms with Crippen LogP contribution in [-0.2, 0) is 11.2 Å². The molecule has 3 nitrogen and oxygen atoms in total. The van der Waals surface area contributed by atoms with Crippen molar-refractivity contribution < 1.29 is 22.7 Å². The number of rotatable bonds is 4. The van der Waals surface area contributed by atoms with Crippen molar-refractivity contribution in [1.29, 1.82) is 0 Å². The van der Waals surface area contributed by atoms with E-state index in [0.717, 1.165) is 12.0 Å². The van der Waals surface area contributed by atoms with Crippen LogP contribution in [0.1, 0.15) is 31.2 Å². The monoisotopic (exact) mass is 315 g/mol. The van der Waals surface area contributed by atoms with E-state index in [0.29, 0.717) is 18.6 Å². The Morgan fingerprint density at radius 3 is 2.45 bits per heavy atom. The Bertz CT molecular complexity index is 499. The molecule has 122 valence electrons. The van der Waals surface area contributed by atoms with Gasteiger partial charge in [-0.25, -0.2) is 0 Å². The molecule has 0 heterocycles. The second kappa shape index (κ2) is 7.03. The Kier molecular flexibility index (Phi) is 5.32. The number of nitrogens with one attached hydrogen (secondary N) is 1. The predicted molar refractivity (Wildman–Crippen MR) is 76.6 cm³/mol. The number of hydrogen-bond acceptors (Lipinski definition) is 2. The number of benzene rings is 1. The van der Waals surface area contributed by atoms with E-state index in [9.17, 15) is 18.0 Å². The Labute approximate surface area is 127 Å². The van der Waals surface area contributed by atoms with Crippen LogP contribution in [0.2, 0.25) is 0 Å². The molecule has 6 heteroatoms. The van der Waals surface area contributed by atoms with Crippen LogP contribution in [-0.4, -0.2) is 25.2 Å². The summed E-state index contributed by atoms with van der Waals surface area (Å²) in [6, 6.07) is 6.12. The summed E-state index contributed by atoms with van der Waals surface area (Å²) < 4.78 is 44.0. The molecule has 0 saturated heterocycles. The highest BCUT2D eigenvalue weighted by Gasteiger charge is 2.45. The minimum absolute atomic E-state index is 0.0745. The summed E-state index contributed by atoms with van der Waals surface area (Å²) in [6.07, 6.45) is -2.41. The van der Waals surface area contributed by atoms with Gasteiger partial charge in [-0.1, -0.05) is 25.0 Å². The Balaban J connectivity index is 1.94. The molecule has 2 atom stereocenters. The van der Waals surface area contributed by atoms with Gasteiger partial charge in [-0.3, -0.25) is 4.79 Å². The van der Waals surface area contributed by atoms with Gasteiger partial charge in [0.15, 0.2) is 0 Å². The first-order valence-corrected chi connectivity index (χ1v) is 7.39. The van der Waals surface area contributed by atoms with Gasteiger partial charge >= 0.3 is 6.18 Å². The Hall–Kier alpha value is -1.72. The Morgan fingerprint density at radius 1 is 1.23 bits per heavy atom. The van der Waals surface area contributed by atoms with Crippen molar-refractivity contribution >= 4 is 5.91 Å². The maximum absolute atomic E-state index is 13.0. The molecule has 0 unspecified atom stereocenters. The van der Waals surface area contributed by atoms with Crippen LogP contribution in [0.25, 0.3) is 0 Å². The lowest BCUT2D eigenvalue weighted by Crippen LogP contribution is -2.48. The number of carbonyl (C=O) groups is 1. The highest BCUT2D eigenvalue weighted by molar-refractivity contribution is 5.79. The van der Waals surface area contributed by atoms with Crippen LogP contribution in [0, 0.1) is 5.92 Å². The first-order valence-electron chi connectivity index (χ1n) is 7.39. The summed E-state index contributed by atoms with van der Waals surface area (Å²) in [5, 5.41) is 2.56. The van der Waals surface area contributed by atoms with E-state index in [4.69, 9.17) is 4.74 Å². The second-order valence-corrected chi connectivity index (χ2v) is 5.63. The number of ether oxygens (including phenoxy) is 1. The lowest BCUT2D eigenvalue weighted by atomic mass is 9.84. The molecule has 22 heavy (non-hydrogen) atoms. The quantitative estimate of drug-likeness (QED) is 0.924. The number of methoxy groups -OCH3 is 1. The summed E-state index contributed by atoms with van der Waals surface area (Å²) in [5.74, 6) is -1.12.